The van der Waals surface area contributed by atoms with Crippen molar-refractivity contribution < 1.29 is 19.4 Å². The highest BCUT2D eigenvalue weighted by Gasteiger charge is 2.50. The highest BCUT2D eigenvalue weighted by atomic mass is 16.5. The Morgan fingerprint density at radius 2 is 1.68 bits per heavy atom. The SMILES string of the molecule is COc1cnccc1-c1ccc(C(=O)N2CCN(C(=O)C3(O)CC3)CC2)cc1. The van der Waals surface area contributed by atoms with Crippen molar-refractivity contribution in [2.75, 3.05) is 33.3 Å². The highest BCUT2D eigenvalue weighted by Crippen LogP contribution is 2.37. The number of ether oxygens (including phenoxy) is 1. The van der Waals surface area contributed by atoms with E-state index >= 15 is 0 Å². The van der Waals surface area contributed by atoms with Crippen LogP contribution in [0.4, 0.5) is 0 Å². The average Bonchev–Trinajstić information content (AvgIpc) is 3.51. The first-order valence-corrected chi connectivity index (χ1v) is 9.41. The van der Waals surface area contributed by atoms with Crippen molar-refractivity contribution in [3.05, 3.63) is 48.3 Å². The number of carbonyl (C=O) groups is 2. The summed E-state index contributed by atoms with van der Waals surface area (Å²) in [6.45, 7) is 1.86. The van der Waals surface area contributed by atoms with E-state index < -0.39 is 5.60 Å². The normalized spacial score (nSPS) is 17.9. The van der Waals surface area contributed by atoms with Gasteiger partial charge in [-0.2, -0.15) is 0 Å². The predicted octanol–water partition coefficient (Wildman–Crippen LogP) is 1.57. The lowest BCUT2D eigenvalue weighted by Crippen LogP contribution is -2.53. The molecule has 2 amide bonds. The average molecular weight is 381 g/mol. The second kappa shape index (κ2) is 7.24. The topological polar surface area (TPSA) is 83.0 Å². The molecule has 1 saturated heterocycles. The molecule has 1 N–H and O–H groups in total. The summed E-state index contributed by atoms with van der Waals surface area (Å²) in [4.78, 5) is 32.5. The molecule has 1 aromatic heterocycles. The second-order valence-electron chi connectivity index (χ2n) is 7.27. The van der Waals surface area contributed by atoms with Crippen molar-refractivity contribution in [1.82, 2.24) is 14.8 Å². The summed E-state index contributed by atoms with van der Waals surface area (Å²) >= 11 is 0. The Morgan fingerprint density at radius 1 is 1.04 bits per heavy atom. The highest BCUT2D eigenvalue weighted by molar-refractivity contribution is 5.95. The summed E-state index contributed by atoms with van der Waals surface area (Å²) in [5.41, 5.74) is 1.33. The molecular formula is C21H23N3O4. The van der Waals surface area contributed by atoms with Crippen LogP contribution in [0.5, 0.6) is 5.75 Å². The van der Waals surface area contributed by atoms with Crippen LogP contribution >= 0.6 is 0 Å². The van der Waals surface area contributed by atoms with Gasteiger partial charge in [-0.15, -0.1) is 0 Å². The number of nitrogens with zero attached hydrogens (tertiary/aromatic N) is 3. The second-order valence-corrected chi connectivity index (χ2v) is 7.27. The van der Waals surface area contributed by atoms with Gasteiger partial charge < -0.3 is 19.6 Å². The van der Waals surface area contributed by atoms with Crippen molar-refractivity contribution >= 4 is 11.8 Å². The Hall–Kier alpha value is -2.93. The van der Waals surface area contributed by atoms with Gasteiger partial charge in [-0.3, -0.25) is 14.6 Å². The number of methoxy groups -OCH3 is 1. The van der Waals surface area contributed by atoms with Crippen molar-refractivity contribution in [1.29, 1.82) is 0 Å². The maximum atomic E-state index is 12.8. The molecule has 0 bridgehead atoms. The molecule has 7 nitrogen and oxygen atoms in total. The number of hydrogen-bond acceptors (Lipinski definition) is 5. The Labute approximate surface area is 163 Å². The predicted molar refractivity (Wildman–Crippen MR) is 103 cm³/mol. The van der Waals surface area contributed by atoms with Gasteiger partial charge >= 0.3 is 0 Å². The molecule has 4 rings (SSSR count). The van der Waals surface area contributed by atoms with Crippen LogP contribution in [0.25, 0.3) is 11.1 Å². The third-order valence-electron chi connectivity index (χ3n) is 5.42. The molecule has 1 aromatic carbocycles. The monoisotopic (exact) mass is 381 g/mol. The maximum absolute atomic E-state index is 12.8. The Bertz CT molecular complexity index is 885. The van der Waals surface area contributed by atoms with Gasteiger partial charge in [0.05, 0.1) is 13.3 Å². The quantitative estimate of drug-likeness (QED) is 0.869. The molecule has 2 aliphatic rings. The smallest absolute Gasteiger partial charge is 0.254 e. The molecule has 0 spiro atoms. The van der Waals surface area contributed by atoms with E-state index in [4.69, 9.17) is 4.74 Å². The lowest BCUT2D eigenvalue weighted by atomic mass is 10.0. The lowest BCUT2D eigenvalue weighted by Gasteiger charge is -2.35. The molecule has 1 aliphatic carbocycles. The molecule has 146 valence electrons. The minimum Gasteiger partial charge on any atom is -0.494 e. The Balaban J connectivity index is 1.41. The van der Waals surface area contributed by atoms with E-state index in [2.05, 4.69) is 4.98 Å². The van der Waals surface area contributed by atoms with Crippen LogP contribution in [0.2, 0.25) is 0 Å². The van der Waals surface area contributed by atoms with Crippen LogP contribution in [0.3, 0.4) is 0 Å². The fourth-order valence-electron chi connectivity index (χ4n) is 3.50. The Morgan fingerprint density at radius 3 is 2.29 bits per heavy atom. The number of pyridine rings is 1. The van der Waals surface area contributed by atoms with Crippen LogP contribution in [0.15, 0.2) is 42.7 Å². The van der Waals surface area contributed by atoms with Gasteiger partial charge in [0.2, 0.25) is 0 Å². The molecule has 0 unspecified atom stereocenters. The zero-order valence-corrected chi connectivity index (χ0v) is 15.8. The first-order valence-electron chi connectivity index (χ1n) is 9.41. The molecule has 1 aliphatic heterocycles. The van der Waals surface area contributed by atoms with E-state index in [1.807, 2.05) is 30.3 Å². The van der Waals surface area contributed by atoms with Crippen molar-refractivity contribution in [2.45, 2.75) is 18.4 Å². The summed E-state index contributed by atoms with van der Waals surface area (Å²) in [6, 6.07) is 9.28. The third kappa shape index (κ3) is 3.45. The standard InChI is InChI=1S/C21H23N3O4/c1-28-18-14-22-9-6-17(18)15-2-4-16(5-3-15)19(25)23-10-12-24(13-11-23)20(26)21(27)7-8-21/h2-6,9,14,27H,7-8,10-13H2,1H3. The number of piperazine rings is 1. The summed E-state index contributed by atoms with van der Waals surface area (Å²) < 4.78 is 5.34. The molecular weight excluding hydrogens is 358 g/mol. The molecule has 2 fully saturated rings. The summed E-state index contributed by atoms with van der Waals surface area (Å²) in [5, 5.41) is 9.98. The lowest BCUT2D eigenvalue weighted by molar-refractivity contribution is -0.143. The van der Waals surface area contributed by atoms with Crippen LogP contribution in [0.1, 0.15) is 23.2 Å². The first-order chi connectivity index (χ1) is 13.5. The van der Waals surface area contributed by atoms with E-state index in [9.17, 15) is 14.7 Å². The maximum Gasteiger partial charge on any atom is 0.254 e. The summed E-state index contributed by atoms with van der Waals surface area (Å²) in [6.07, 6.45) is 4.45. The van der Waals surface area contributed by atoms with Gasteiger partial charge in [0.1, 0.15) is 11.4 Å². The first kappa shape index (κ1) is 18.4. The van der Waals surface area contributed by atoms with E-state index in [1.165, 1.54) is 0 Å². The van der Waals surface area contributed by atoms with Gasteiger partial charge in [-0.25, -0.2) is 0 Å². The number of rotatable bonds is 4. The van der Waals surface area contributed by atoms with E-state index in [0.29, 0.717) is 50.3 Å². The van der Waals surface area contributed by atoms with E-state index in [1.54, 1.807) is 29.3 Å². The molecule has 0 atom stereocenters. The zero-order valence-electron chi connectivity index (χ0n) is 15.8. The van der Waals surface area contributed by atoms with Crippen LogP contribution in [-0.4, -0.2) is 70.6 Å². The zero-order chi connectivity index (χ0) is 19.7. The van der Waals surface area contributed by atoms with E-state index in [0.717, 1.165) is 11.1 Å². The largest absolute Gasteiger partial charge is 0.494 e. The molecule has 28 heavy (non-hydrogen) atoms. The number of hydrogen-bond donors (Lipinski definition) is 1. The molecule has 0 radical (unpaired) electrons. The van der Waals surface area contributed by atoms with Gasteiger partial charge in [-0.05, 0) is 36.6 Å². The number of carbonyl (C=O) groups excluding carboxylic acids is 2. The van der Waals surface area contributed by atoms with Crippen molar-refractivity contribution in [2.24, 2.45) is 0 Å². The minimum atomic E-state index is -1.14. The number of amides is 2. The molecule has 1 saturated carbocycles. The van der Waals surface area contributed by atoms with Crippen LogP contribution in [-0.2, 0) is 4.79 Å². The van der Waals surface area contributed by atoms with Gasteiger partial charge in [0.25, 0.3) is 11.8 Å². The Kier molecular flexibility index (Phi) is 4.77. The number of aliphatic hydroxyl groups is 1. The van der Waals surface area contributed by atoms with Crippen LogP contribution < -0.4 is 4.74 Å². The van der Waals surface area contributed by atoms with Crippen molar-refractivity contribution in [3.63, 3.8) is 0 Å². The van der Waals surface area contributed by atoms with Crippen molar-refractivity contribution in [3.8, 4) is 16.9 Å². The minimum absolute atomic E-state index is 0.0505. The number of benzene rings is 1. The molecule has 2 heterocycles. The summed E-state index contributed by atoms with van der Waals surface area (Å²) in [7, 11) is 1.60. The van der Waals surface area contributed by atoms with Gasteiger partial charge in [-0.1, -0.05) is 12.1 Å². The van der Waals surface area contributed by atoms with Crippen LogP contribution in [0, 0.1) is 0 Å². The van der Waals surface area contributed by atoms with Gasteiger partial charge in [0.15, 0.2) is 0 Å². The fourth-order valence-corrected chi connectivity index (χ4v) is 3.50. The molecule has 7 heteroatoms. The third-order valence-corrected chi connectivity index (χ3v) is 5.42. The van der Waals surface area contributed by atoms with E-state index in [-0.39, 0.29) is 11.8 Å². The molecule has 2 aromatic rings. The van der Waals surface area contributed by atoms with Gasteiger partial charge in [0, 0.05) is 43.5 Å². The fraction of sp³-hybridized carbons (Fsp3) is 0.381. The number of aromatic nitrogens is 1. The summed E-state index contributed by atoms with van der Waals surface area (Å²) in [5.74, 6) is 0.431.